The Morgan fingerprint density at radius 3 is 2.18 bits per heavy atom. The fraction of sp³-hybridized carbons (Fsp3) is 0.538. The number of rotatable bonds is 3. The van der Waals surface area contributed by atoms with Gasteiger partial charge in [0.1, 0.15) is 5.15 Å². The van der Waals surface area contributed by atoms with Crippen LogP contribution in [0, 0.1) is 13.8 Å². The maximum absolute atomic E-state index is 12.6. The predicted octanol–water partition coefficient (Wildman–Crippen LogP) is 3.30. The average Bonchev–Trinajstić information content (AvgIpc) is 2.75. The molecule has 0 amide bonds. The Hall–Kier alpha value is -1.38. The van der Waals surface area contributed by atoms with Gasteiger partial charge in [-0.05, 0) is 25.5 Å². The number of hydrogen-bond acceptors (Lipinski definition) is 4. The molecule has 22 heavy (non-hydrogen) atoms. The normalized spacial score (nSPS) is 11.5. The lowest BCUT2D eigenvalue weighted by atomic mass is 10.3. The van der Waals surface area contributed by atoms with Crippen LogP contribution in [0.4, 0.5) is 13.2 Å². The summed E-state index contributed by atoms with van der Waals surface area (Å²) in [4.78, 5) is 3.54. The van der Waals surface area contributed by atoms with Crippen molar-refractivity contribution < 1.29 is 22.6 Å². The summed E-state index contributed by atoms with van der Waals surface area (Å²) < 4.78 is 48.2. The first-order valence-electron chi connectivity index (χ1n) is 6.30. The lowest BCUT2D eigenvalue weighted by molar-refractivity contribution is -0.141. The van der Waals surface area contributed by atoms with Crippen LogP contribution in [0.25, 0.3) is 5.65 Å². The van der Waals surface area contributed by atoms with Crippen molar-refractivity contribution in [2.24, 2.45) is 0 Å². The highest BCUT2D eigenvalue weighted by molar-refractivity contribution is 6.29. The van der Waals surface area contributed by atoms with Gasteiger partial charge in [0.05, 0.1) is 18.9 Å². The van der Waals surface area contributed by atoms with Gasteiger partial charge in [-0.3, -0.25) is 0 Å². The maximum atomic E-state index is 12.6. The molecular weight excluding hydrogens is 323 g/mol. The molecule has 0 saturated carbocycles. The van der Waals surface area contributed by atoms with Crippen molar-refractivity contribution in [3.63, 3.8) is 0 Å². The summed E-state index contributed by atoms with van der Waals surface area (Å²) in [5.74, 6) is 0. The van der Waals surface area contributed by atoms with Crippen LogP contribution in [0.15, 0.2) is 6.07 Å². The van der Waals surface area contributed by atoms with Gasteiger partial charge in [0, 0.05) is 14.2 Å². The molecule has 0 aromatic carbocycles. The van der Waals surface area contributed by atoms with E-state index in [1.807, 2.05) is 0 Å². The second kappa shape index (κ2) is 7.75. The topological polar surface area (TPSA) is 48.7 Å². The van der Waals surface area contributed by atoms with Crippen molar-refractivity contribution in [1.29, 1.82) is 0 Å². The van der Waals surface area contributed by atoms with Crippen LogP contribution < -0.4 is 0 Å². The lowest BCUT2D eigenvalue weighted by Gasteiger charge is -2.02. The first-order chi connectivity index (χ1) is 10.2. The number of nitrogens with zero attached hydrogens (tertiary/aromatic N) is 3. The standard InChI is InChI=1S/C9H7ClF3N3.C4H10O2/c1-4-3-6(10)15-16-5(2)7(9(11,12)13)14-8(4)16;1-5-3-4-6-2/h3H,1-2H3;3-4H2,1-2H3. The zero-order chi connectivity index (χ0) is 16.9. The number of fused-ring (bicyclic) bond motifs is 1. The molecule has 0 aliphatic heterocycles. The van der Waals surface area contributed by atoms with Crippen molar-refractivity contribution in [2.45, 2.75) is 20.0 Å². The number of methoxy groups -OCH3 is 2. The third-order valence-corrected chi connectivity index (χ3v) is 2.91. The van der Waals surface area contributed by atoms with Gasteiger partial charge in [-0.2, -0.15) is 18.3 Å². The van der Waals surface area contributed by atoms with Crippen LogP contribution in [0.2, 0.25) is 5.15 Å². The predicted molar refractivity (Wildman–Crippen MR) is 76.2 cm³/mol. The smallest absolute Gasteiger partial charge is 0.382 e. The van der Waals surface area contributed by atoms with Gasteiger partial charge in [0.25, 0.3) is 0 Å². The highest BCUT2D eigenvalue weighted by Gasteiger charge is 2.37. The van der Waals surface area contributed by atoms with E-state index in [0.29, 0.717) is 18.8 Å². The lowest BCUT2D eigenvalue weighted by Crippen LogP contribution is -2.08. The summed E-state index contributed by atoms with van der Waals surface area (Å²) in [6.45, 7) is 4.33. The fourth-order valence-corrected chi connectivity index (χ4v) is 1.91. The van der Waals surface area contributed by atoms with E-state index in [1.165, 1.54) is 13.0 Å². The van der Waals surface area contributed by atoms with Crippen molar-refractivity contribution in [3.8, 4) is 0 Å². The number of imidazole rings is 1. The molecule has 0 bridgehead atoms. The molecule has 2 aromatic rings. The van der Waals surface area contributed by atoms with E-state index in [1.54, 1.807) is 21.1 Å². The molecule has 2 rings (SSSR count). The second-order valence-corrected chi connectivity index (χ2v) is 4.80. The van der Waals surface area contributed by atoms with E-state index < -0.39 is 11.9 Å². The Morgan fingerprint density at radius 2 is 1.73 bits per heavy atom. The summed E-state index contributed by atoms with van der Waals surface area (Å²) in [7, 11) is 3.30. The third kappa shape index (κ3) is 4.56. The van der Waals surface area contributed by atoms with Crippen LogP contribution in [0.1, 0.15) is 17.0 Å². The molecule has 0 saturated heterocycles. The van der Waals surface area contributed by atoms with Crippen LogP contribution >= 0.6 is 11.6 Å². The molecule has 5 nitrogen and oxygen atoms in total. The van der Waals surface area contributed by atoms with E-state index in [4.69, 9.17) is 11.6 Å². The van der Waals surface area contributed by atoms with Crippen molar-refractivity contribution in [3.05, 3.63) is 28.2 Å². The zero-order valence-corrected chi connectivity index (χ0v) is 13.4. The Bertz CT molecular complexity index is 625. The first-order valence-corrected chi connectivity index (χ1v) is 6.67. The minimum atomic E-state index is -4.48. The molecule has 0 aliphatic carbocycles. The highest BCUT2D eigenvalue weighted by atomic mass is 35.5. The Kier molecular flexibility index (Phi) is 6.58. The van der Waals surface area contributed by atoms with Crippen LogP contribution in [-0.2, 0) is 15.7 Å². The molecule has 124 valence electrons. The Morgan fingerprint density at radius 1 is 1.18 bits per heavy atom. The molecule has 9 heteroatoms. The van der Waals surface area contributed by atoms with Crippen molar-refractivity contribution >= 4 is 17.2 Å². The molecule has 0 unspecified atom stereocenters. The molecule has 2 heterocycles. The molecule has 2 aromatic heterocycles. The van der Waals surface area contributed by atoms with Crippen molar-refractivity contribution in [1.82, 2.24) is 14.6 Å². The first kappa shape index (κ1) is 18.7. The quantitative estimate of drug-likeness (QED) is 0.805. The summed E-state index contributed by atoms with van der Waals surface area (Å²) in [6, 6.07) is 1.48. The third-order valence-electron chi connectivity index (χ3n) is 2.72. The zero-order valence-electron chi connectivity index (χ0n) is 12.7. The van der Waals surface area contributed by atoms with Gasteiger partial charge >= 0.3 is 6.18 Å². The van der Waals surface area contributed by atoms with Gasteiger partial charge in [0.15, 0.2) is 11.3 Å². The number of ether oxygens (including phenoxy) is 2. The van der Waals surface area contributed by atoms with Crippen molar-refractivity contribution in [2.75, 3.05) is 27.4 Å². The van der Waals surface area contributed by atoms with Crippen LogP contribution in [-0.4, -0.2) is 42.0 Å². The van der Waals surface area contributed by atoms with Gasteiger partial charge in [-0.15, -0.1) is 0 Å². The number of alkyl halides is 3. The number of halogens is 4. The van der Waals surface area contributed by atoms with Gasteiger partial charge < -0.3 is 9.47 Å². The minimum Gasteiger partial charge on any atom is -0.382 e. The molecule has 0 spiro atoms. The maximum Gasteiger partial charge on any atom is 0.435 e. The van der Waals surface area contributed by atoms with E-state index in [-0.39, 0.29) is 16.5 Å². The molecule has 0 radical (unpaired) electrons. The highest BCUT2D eigenvalue weighted by Crippen LogP contribution is 2.31. The number of hydrogen-bond donors (Lipinski definition) is 0. The minimum absolute atomic E-state index is 0.0619. The summed E-state index contributed by atoms with van der Waals surface area (Å²) in [6.07, 6.45) is -4.48. The summed E-state index contributed by atoms with van der Waals surface area (Å²) >= 11 is 5.68. The molecule has 0 N–H and O–H groups in total. The largest absolute Gasteiger partial charge is 0.435 e. The van der Waals surface area contributed by atoms with E-state index in [2.05, 4.69) is 19.6 Å². The second-order valence-electron chi connectivity index (χ2n) is 4.41. The Balaban J connectivity index is 0.000000346. The molecule has 0 atom stereocenters. The monoisotopic (exact) mass is 339 g/mol. The SMILES string of the molecule is COCCOC.Cc1cc(Cl)nn2c(C)c(C(F)(F)F)nc12. The Labute approximate surface area is 131 Å². The van der Waals surface area contributed by atoms with E-state index in [0.717, 1.165) is 4.52 Å². The van der Waals surface area contributed by atoms with E-state index in [9.17, 15) is 13.2 Å². The molecule has 0 aliphatic rings. The summed E-state index contributed by atoms with van der Waals surface area (Å²) in [5, 5.41) is 3.93. The van der Waals surface area contributed by atoms with Gasteiger partial charge in [0.2, 0.25) is 0 Å². The molecular formula is C13H17ClF3N3O2. The van der Waals surface area contributed by atoms with Crippen LogP contribution in [0.3, 0.4) is 0 Å². The number of aryl methyl sites for hydroxylation is 2. The fourth-order valence-electron chi connectivity index (χ4n) is 1.67. The van der Waals surface area contributed by atoms with E-state index >= 15 is 0 Å². The van der Waals surface area contributed by atoms with Crippen LogP contribution in [0.5, 0.6) is 0 Å². The van der Waals surface area contributed by atoms with Gasteiger partial charge in [-0.1, -0.05) is 11.6 Å². The number of aromatic nitrogens is 3. The molecule has 0 fully saturated rings. The summed E-state index contributed by atoms with van der Waals surface area (Å²) in [5.41, 5.74) is -0.258. The average molecular weight is 340 g/mol. The van der Waals surface area contributed by atoms with Gasteiger partial charge in [-0.25, -0.2) is 9.50 Å².